The first-order valence-electron chi connectivity index (χ1n) is 8.76. The molecule has 0 spiro atoms. The summed E-state index contributed by atoms with van der Waals surface area (Å²) in [5, 5.41) is 16.3. The zero-order valence-electron chi connectivity index (χ0n) is 15.2. The van der Waals surface area contributed by atoms with Gasteiger partial charge in [0, 0.05) is 17.8 Å². The zero-order valence-corrected chi connectivity index (χ0v) is 15.2. The van der Waals surface area contributed by atoms with Gasteiger partial charge in [0.2, 0.25) is 11.8 Å². The van der Waals surface area contributed by atoms with E-state index in [1.807, 2.05) is 32.9 Å². The molecule has 0 saturated heterocycles. The number of carbonyl (C=O) groups excluding carboxylic acids is 2. The first-order valence-corrected chi connectivity index (χ1v) is 8.76. The first kappa shape index (κ1) is 20.2. The third-order valence-corrected chi connectivity index (χ3v) is 4.04. The number of amides is 2. The van der Waals surface area contributed by atoms with Crippen LogP contribution < -0.4 is 10.6 Å². The van der Waals surface area contributed by atoms with Gasteiger partial charge < -0.3 is 15.7 Å². The number of aliphatic hydroxyl groups is 1. The lowest BCUT2D eigenvalue weighted by atomic mass is 9.89. The summed E-state index contributed by atoms with van der Waals surface area (Å²) in [5.41, 5.74) is 1.27. The van der Waals surface area contributed by atoms with Crippen LogP contribution in [0.2, 0.25) is 0 Å². The third kappa shape index (κ3) is 6.32. The van der Waals surface area contributed by atoms with E-state index >= 15 is 0 Å². The minimum Gasteiger partial charge on any atom is -0.389 e. The molecule has 24 heavy (non-hydrogen) atoms. The molecule has 0 atom stereocenters. The molecule has 0 aliphatic heterocycles. The quantitative estimate of drug-likeness (QED) is 0.638. The molecule has 0 fully saturated rings. The van der Waals surface area contributed by atoms with E-state index in [2.05, 4.69) is 10.6 Å². The van der Waals surface area contributed by atoms with E-state index in [4.69, 9.17) is 0 Å². The number of hydrogen-bond acceptors (Lipinski definition) is 3. The monoisotopic (exact) mass is 334 g/mol. The normalized spacial score (nSPS) is 11.2. The van der Waals surface area contributed by atoms with Crippen LogP contribution in [-0.2, 0) is 9.59 Å². The summed E-state index contributed by atoms with van der Waals surface area (Å²) in [6.07, 6.45) is 3.37. The van der Waals surface area contributed by atoms with E-state index in [1.165, 1.54) is 0 Å². The number of benzene rings is 1. The Balaban J connectivity index is 2.81. The van der Waals surface area contributed by atoms with Crippen LogP contribution in [-0.4, -0.2) is 22.5 Å². The zero-order chi connectivity index (χ0) is 18.2. The number of anilines is 2. The minimum absolute atomic E-state index is 0.0728. The molecule has 0 unspecified atom stereocenters. The molecule has 0 radical (unpaired) electrons. The predicted molar refractivity (Wildman–Crippen MR) is 98.1 cm³/mol. The van der Waals surface area contributed by atoms with Crippen molar-refractivity contribution in [1.29, 1.82) is 0 Å². The number of rotatable bonds is 9. The lowest BCUT2D eigenvalue weighted by Crippen LogP contribution is -2.34. The Morgan fingerprint density at radius 2 is 1.67 bits per heavy atom. The highest BCUT2D eigenvalue weighted by molar-refractivity contribution is 5.95. The smallest absolute Gasteiger partial charge is 0.227 e. The molecule has 0 saturated carbocycles. The van der Waals surface area contributed by atoms with E-state index in [-0.39, 0.29) is 18.2 Å². The van der Waals surface area contributed by atoms with Crippen LogP contribution in [0.1, 0.15) is 64.9 Å². The van der Waals surface area contributed by atoms with E-state index in [9.17, 15) is 14.7 Å². The molecule has 1 aromatic carbocycles. The number of hydrogen-bond donors (Lipinski definition) is 3. The van der Waals surface area contributed by atoms with Crippen molar-refractivity contribution in [3.63, 3.8) is 0 Å². The third-order valence-electron chi connectivity index (χ3n) is 4.04. The van der Waals surface area contributed by atoms with Crippen molar-refractivity contribution >= 4 is 23.2 Å². The predicted octanol–water partition coefficient (Wildman–Crippen LogP) is 4.00. The second-order valence-electron chi connectivity index (χ2n) is 6.38. The summed E-state index contributed by atoms with van der Waals surface area (Å²) in [5.74, 6) is -0.280. The molecule has 5 nitrogen and oxygen atoms in total. The van der Waals surface area contributed by atoms with E-state index < -0.39 is 5.60 Å². The average molecular weight is 334 g/mol. The number of nitrogens with one attached hydrogen (secondary N) is 2. The summed E-state index contributed by atoms with van der Waals surface area (Å²) < 4.78 is 0. The Hall–Kier alpha value is -1.88. The molecule has 0 aliphatic rings. The van der Waals surface area contributed by atoms with Gasteiger partial charge in [0.15, 0.2) is 0 Å². The van der Waals surface area contributed by atoms with E-state index in [0.717, 1.165) is 18.4 Å². The van der Waals surface area contributed by atoms with Crippen LogP contribution in [0.4, 0.5) is 11.4 Å². The van der Waals surface area contributed by atoms with Crippen molar-refractivity contribution in [1.82, 2.24) is 0 Å². The SMILES string of the molecule is CCCC(O)(CCC)CC(=O)Nc1cc(NC(=O)CC)ccc1C. The van der Waals surface area contributed by atoms with Crippen LogP contribution in [0, 0.1) is 6.92 Å². The minimum atomic E-state index is -0.949. The topological polar surface area (TPSA) is 78.4 Å². The van der Waals surface area contributed by atoms with Gasteiger partial charge in [0.25, 0.3) is 0 Å². The van der Waals surface area contributed by atoms with Crippen LogP contribution in [0.25, 0.3) is 0 Å². The molecule has 3 N–H and O–H groups in total. The van der Waals surface area contributed by atoms with Crippen LogP contribution in [0.15, 0.2) is 18.2 Å². The van der Waals surface area contributed by atoms with E-state index in [0.29, 0.717) is 30.6 Å². The second kappa shape index (κ2) is 9.42. The fraction of sp³-hybridized carbons (Fsp3) is 0.579. The molecule has 0 heterocycles. The van der Waals surface area contributed by atoms with Crippen LogP contribution >= 0.6 is 0 Å². The molecular formula is C19H30N2O3. The van der Waals surface area contributed by atoms with Gasteiger partial charge in [-0.1, -0.05) is 39.7 Å². The van der Waals surface area contributed by atoms with Gasteiger partial charge in [-0.3, -0.25) is 9.59 Å². The highest BCUT2D eigenvalue weighted by Crippen LogP contribution is 2.26. The van der Waals surface area contributed by atoms with Gasteiger partial charge in [-0.05, 0) is 37.5 Å². The molecule has 134 valence electrons. The van der Waals surface area contributed by atoms with E-state index in [1.54, 1.807) is 13.0 Å². The lowest BCUT2D eigenvalue weighted by Gasteiger charge is -2.27. The van der Waals surface area contributed by atoms with Gasteiger partial charge in [-0.25, -0.2) is 0 Å². The fourth-order valence-corrected chi connectivity index (χ4v) is 2.81. The van der Waals surface area contributed by atoms with Gasteiger partial charge in [0.1, 0.15) is 0 Å². The Bertz CT molecular complexity index is 564. The Kier molecular flexibility index (Phi) is 7.92. The maximum Gasteiger partial charge on any atom is 0.227 e. The van der Waals surface area contributed by atoms with Crippen molar-refractivity contribution < 1.29 is 14.7 Å². The molecular weight excluding hydrogens is 304 g/mol. The summed E-state index contributed by atoms with van der Waals surface area (Å²) in [4.78, 5) is 23.9. The van der Waals surface area contributed by atoms with Crippen molar-refractivity contribution in [3.8, 4) is 0 Å². The van der Waals surface area contributed by atoms with Crippen LogP contribution in [0.3, 0.4) is 0 Å². The molecule has 0 aliphatic carbocycles. The summed E-state index contributed by atoms with van der Waals surface area (Å²) in [6.45, 7) is 7.69. The highest BCUT2D eigenvalue weighted by atomic mass is 16.3. The molecule has 0 aromatic heterocycles. The highest BCUT2D eigenvalue weighted by Gasteiger charge is 2.28. The maximum absolute atomic E-state index is 12.4. The van der Waals surface area contributed by atoms with Gasteiger partial charge in [-0.2, -0.15) is 0 Å². The number of aryl methyl sites for hydroxylation is 1. The molecule has 2 amide bonds. The maximum atomic E-state index is 12.4. The first-order chi connectivity index (χ1) is 11.3. The molecule has 1 rings (SSSR count). The average Bonchev–Trinajstić information content (AvgIpc) is 2.50. The van der Waals surface area contributed by atoms with Crippen LogP contribution in [0.5, 0.6) is 0 Å². The van der Waals surface area contributed by atoms with Gasteiger partial charge in [0.05, 0.1) is 12.0 Å². The van der Waals surface area contributed by atoms with Crippen molar-refractivity contribution in [2.24, 2.45) is 0 Å². The lowest BCUT2D eigenvalue weighted by molar-refractivity contribution is -0.121. The summed E-state index contributed by atoms with van der Waals surface area (Å²) in [7, 11) is 0. The van der Waals surface area contributed by atoms with Gasteiger partial charge >= 0.3 is 0 Å². The van der Waals surface area contributed by atoms with Crippen molar-refractivity contribution in [3.05, 3.63) is 23.8 Å². The Labute approximate surface area is 144 Å². The van der Waals surface area contributed by atoms with Crippen molar-refractivity contribution in [2.45, 2.75) is 71.8 Å². The molecule has 1 aromatic rings. The number of carbonyl (C=O) groups is 2. The van der Waals surface area contributed by atoms with Crippen molar-refractivity contribution in [2.75, 3.05) is 10.6 Å². The fourth-order valence-electron chi connectivity index (χ4n) is 2.81. The van der Waals surface area contributed by atoms with Gasteiger partial charge in [-0.15, -0.1) is 0 Å². The Morgan fingerprint density at radius 1 is 1.04 bits per heavy atom. The standard InChI is InChI=1S/C19H30N2O3/c1-5-10-19(24,11-6-2)13-18(23)21-16-12-15(9-8-14(16)4)20-17(22)7-3/h8-9,12,24H,5-7,10-11,13H2,1-4H3,(H,20,22)(H,21,23). The molecule has 0 bridgehead atoms. The molecule has 5 heteroatoms. The largest absolute Gasteiger partial charge is 0.389 e. The Morgan fingerprint density at radius 3 is 2.21 bits per heavy atom. The summed E-state index contributed by atoms with van der Waals surface area (Å²) in [6, 6.07) is 5.41. The second-order valence-corrected chi connectivity index (χ2v) is 6.38. The summed E-state index contributed by atoms with van der Waals surface area (Å²) >= 11 is 0.